The molecule has 0 saturated heterocycles. The number of thioether (sulfide) groups is 1. The average molecular weight is 352 g/mol. The van der Waals surface area contributed by atoms with Crippen LogP contribution in [0.15, 0.2) is 46.0 Å². The van der Waals surface area contributed by atoms with Crippen LogP contribution in [-0.4, -0.2) is 16.1 Å². The third-order valence-electron chi connectivity index (χ3n) is 2.96. The van der Waals surface area contributed by atoms with E-state index in [4.69, 9.17) is 5.73 Å². The van der Waals surface area contributed by atoms with E-state index in [9.17, 15) is 10.0 Å². The zero-order chi connectivity index (χ0) is 14.3. The number of hydroxylamine groups is 1. The molecule has 0 aliphatic carbocycles. The quantitative estimate of drug-likeness (QED) is 0.869. The van der Waals surface area contributed by atoms with Crippen LogP contribution in [-0.2, 0) is 0 Å². The molecule has 1 aliphatic heterocycles. The minimum Gasteiger partial charge on any atom is -0.366 e. The monoisotopic (exact) mass is 351 g/mol. The van der Waals surface area contributed by atoms with Crippen LogP contribution in [0.25, 0.3) is 0 Å². The summed E-state index contributed by atoms with van der Waals surface area (Å²) in [5, 5.41) is 11.2. The Morgan fingerprint density at radius 2 is 2.20 bits per heavy atom. The number of amides is 1. The second-order valence-electron chi connectivity index (χ2n) is 4.30. The maximum Gasteiger partial charge on any atom is 0.248 e. The van der Waals surface area contributed by atoms with Gasteiger partial charge in [0.1, 0.15) is 5.37 Å². The van der Waals surface area contributed by atoms with Crippen molar-refractivity contribution < 1.29 is 10.0 Å². The molecule has 5 nitrogen and oxygen atoms in total. The number of nitrogens with two attached hydrogens (primary N) is 1. The molecule has 0 spiro atoms. The Balaban J connectivity index is 1.98. The van der Waals surface area contributed by atoms with Gasteiger partial charge in [-0.3, -0.25) is 15.0 Å². The molecule has 0 bridgehead atoms. The molecule has 0 fully saturated rings. The fourth-order valence-electron chi connectivity index (χ4n) is 2.02. The molecule has 7 heteroatoms. The van der Waals surface area contributed by atoms with Gasteiger partial charge in [-0.15, -0.1) is 0 Å². The Kier molecular flexibility index (Phi) is 3.41. The van der Waals surface area contributed by atoms with E-state index in [0.717, 1.165) is 20.0 Å². The van der Waals surface area contributed by atoms with Gasteiger partial charge in [0.05, 0.1) is 5.69 Å². The summed E-state index contributed by atoms with van der Waals surface area (Å²) in [6.07, 6.45) is 3.38. The summed E-state index contributed by atoms with van der Waals surface area (Å²) >= 11 is 4.85. The molecular weight excluding hydrogens is 342 g/mol. The van der Waals surface area contributed by atoms with E-state index in [1.165, 1.54) is 11.8 Å². The Morgan fingerprint density at radius 1 is 1.40 bits per heavy atom. The topological polar surface area (TPSA) is 79.5 Å². The van der Waals surface area contributed by atoms with E-state index in [-0.39, 0.29) is 5.37 Å². The van der Waals surface area contributed by atoms with Gasteiger partial charge in [-0.1, -0.05) is 11.8 Å². The standard InChI is InChI=1S/C13H10BrN3O2S/c14-9-3-8(5-16-6-9)13-17(19)10-4-7(12(15)18)1-2-11(10)20-13/h1-6,13,19H,(H2,15,18). The van der Waals surface area contributed by atoms with Gasteiger partial charge in [-0.25, -0.2) is 5.06 Å². The highest BCUT2D eigenvalue weighted by molar-refractivity contribution is 9.10. The number of nitrogens with zero attached hydrogens (tertiary/aromatic N) is 2. The first-order chi connectivity index (χ1) is 9.56. The highest BCUT2D eigenvalue weighted by Gasteiger charge is 2.31. The lowest BCUT2D eigenvalue weighted by molar-refractivity contribution is 0.1000. The van der Waals surface area contributed by atoms with Crippen LogP contribution < -0.4 is 10.8 Å². The normalized spacial score (nSPS) is 17.1. The predicted octanol–water partition coefficient (Wildman–Crippen LogP) is 2.94. The van der Waals surface area contributed by atoms with Gasteiger partial charge < -0.3 is 5.73 Å². The second kappa shape index (κ2) is 5.08. The van der Waals surface area contributed by atoms with Gasteiger partial charge in [-0.2, -0.15) is 0 Å². The number of fused-ring (bicyclic) bond motifs is 1. The molecule has 2 aromatic rings. The van der Waals surface area contributed by atoms with Crippen LogP contribution in [0, 0.1) is 0 Å². The number of primary amides is 1. The smallest absolute Gasteiger partial charge is 0.248 e. The Morgan fingerprint density at radius 3 is 2.90 bits per heavy atom. The SMILES string of the molecule is NC(=O)c1ccc2c(c1)N(O)C(c1cncc(Br)c1)S2. The highest BCUT2D eigenvalue weighted by Crippen LogP contribution is 2.50. The van der Waals surface area contributed by atoms with Crippen LogP contribution in [0.4, 0.5) is 5.69 Å². The second-order valence-corrected chi connectivity index (χ2v) is 6.34. The minimum absolute atomic E-state index is 0.293. The van der Waals surface area contributed by atoms with Crippen molar-refractivity contribution in [2.24, 2.45) is 5.73 Å². The first-order valence-corrected chi connectivity index (χ1v) is 7.42. The third-order valence-corrected chi connectivity index (χ3v) is 4.69. The van der Waals surface area contributed by atoms with Crippen molar-refractivity contribution in [1.29, 1.82) is 0 Å². The molecule has 20 heavy (non-hydrogen) atoms. The van der Waals surface area contributed by atoms with Crippen molar-refractivity contribution >= 4 is 39.3 Å². The predicted molar refractivity (Wildman–Crippen MR) is 79.8 cm³/mol. The van der Waals surface area contributed by atoms with E-state index in [1.807, 2.05) is 6.07 Å². The Hall–Kier alpha value is -1.57. The van der Waals surface area contributed by atoms with Gasteiger partial charge >= 0.3 is 0 Å². The molecule has 3 rings (SSSR count). The largest absolute Gasteiger partial charge is 0.366 e. The lowest BCUT2D eigenvalue weighted by atomic mass is 10.2. The van der Waals surface area contributed by atoms with Crippen molar-refractivity contribution in [3.63, 3.8) is 0 Å². The number of anilines is 1. The van der Waals surface area contributed by atoms with Crippen LogP contribution in [0.1, 0.15) is 21.3 Å². The molecule has 1 aliphatic rings. The Labute approximate surface area is 127 Å². The summed E-state index contributed by atoms with van der Waals surface area (Å²) in [5.41, 5.74) is 7.07. The number of hydrogen-bond donors (Lipinski definition) is 2. The van der Waals surface area contributed by atoms with Crippen LogP contribution >= 0.6 is 27.7 Å². The van der Waals surface area contributed by atoms with E-state index in [1.54, 1.807) is 30.6 Å². The lowest BCUT2D eigenvalue weighted by Crippen LogP contribution is -2.19. The Bertz CT molecular complexity index is 695. The molecule has 1 aromatic carbocycles. The first-order valence-electron chi connectivity index (χ1n) is 5.75. The van der Waals surface area contributed by atoms with Gasteiger partial charge in [0, 0.05) is 32.9 Å². The zero-order valence-electron chi connectivity index (χ0n) is 10.2. The van der Waals surface area contributed by atoms with Gasteiger partial charge in [0.25, 0.3) is 0 Å². The number of hydrogen-bond acceptors (Lipinski definition) is 5. The number of benzene rings is 1. The summed E-state index contributed by atoms with van der Waals surface area (Å²) in [5.74, 6) is -0.515. The van der Waals surface area contributed by atoms with Crippen molar-refractivity contribution in [2.45, 2.75) is 10.3 Å². The summed E-state index contributed by atoms with van der Waals surface area (Å²) in [4.78, 5) is 16.2. The number of carbonyl (C=O) groups excluding carboxylic acids is 1. The average Bonchev–Trinajstić information content (AvgIpc) is 2.76. The van der Waals surface area contributed by atoms with Crippen LogP contribution in [0.5, 0.6) is 0 Å². The third kappa shape index (κ3) is 2.28. The first kappa shape index (κ1) is 13.4. The zero-order valence-corrected chi connectivity index (χ0v) is 12.6. The summed E-state index contributed by atoms with van der Waals surface area (Å²) in [6, 6.07) is 6.93. The molecule has 102 valence electrons. The number of aromatic nitrogens is 1. The number of carbonyl (C=O) groups is 1. The van der Waals surface area contributed by atoms with E-state index in [2.05, 4.69) is 20.9 Å². The van der Waals surface area contributed by atoms with Crippen LogP contribution in [0.3, 0.4) is 0 Å². The van der Waals surface area contributed by atoms with Crippen molar-refractivity contribution in [3.05, 3.63) is 52.3 Å². The molecular formula is C13H10BrN3O2S. The van der Waals surface area contributed by atoms with E-state index >= 15 is 0 Å². The van der Waals surface area contributed by atoms with Crippen molar-refractivity contribution in [2.75, 3.05) is 5.06 Å². The lowest BCUT2D eigenvalue weighted by Gasteiger charge is -2.19. The van der Waals surface area contributed by atoms with Gasteiger partial charge in [0.2, 0.25) is 5.91 Å². The van der Waals surface area contributed by atoms with Crippen molar-refractivity contribution in [1.82, 2.24) is 4.98 Å². The molecule has 1 aromatic heterocycles. The molecule has 1 unspecified atom stereocenters. The fourth-order valence-corrected chi connectivity index (χ4v) is 3.54. The molecule has 0 saturated carbocycles. The van der Waals surface area contributed by atoms with Gasteiger partial charge in [-0.05, 0) is 40.2 Å². The number of pyridine rings is 1. The maximum absolute atomic E-state index is 11.2. The molecule has 1 amide bonds. The highest BCUT2D eigenvalue weighted by atomic mass is 79.9. The maximum atomic E-state index is 11.2. The molecule has 0 radical (unpaired) electrons. The fraction of sp³-hybridized carbons (Fsp3) is 0.0769. The minimum atomic E-state index is -0.515. The summed E-state index contributed by atoms with van der Waals surface area (Å²) < 4.78 is 0.845. The molecule has 2 heterocycles. The molecule has 3 N–H and O–H groups in total. The van der Waals surface area contributed by atoms with E-state index < -0.39 is 5.91 Å². The summed E-state index contributed by atoms with van der Waals surface area (Å²) in [7, 11) is 0. The van der Waals surface area contributed by atoms with Crippen molar-refractivity contribution in [3.8, 4) is 0 Å². The van der Waals surface area contributed by atoms with Crippen LogP contribution in [0.2, 0.25) is 0 Å². The summed E-state index contributed by atoms with van der Waals surface area (Å²) in [6.45, 7) is 0. The number of halogens is 1. The molecule has 1 atom stereocenters. The van der Waals surface area contributed by atoms with E-state index in [0.29, 0.717) is 11.3 Å². The number of rotatable bonds is 2. The van der Waals surface area contributed by atoms with Gasteiger partial charge in [0.15, 0.2) is 0 Å².